The highest BCUT2D eigenvalue weighted by Gasteiger charge is 2.46. The first kappa shape index (κ1) is 15.9. The van der Waals surface area contributed by atoms with Crippen molar-refractivity contribution >= 4 is 11.7 Å². The molecular weight excluding hydrogens is 260 g/mol. The molecular formula is C18H28N2O. The number of carbonyl (C=O) groups is 1. The van der Waals surface area contributed by atoms with Gasteiger partial charge in [0.25, 0.3) is 0 Å². The number of aryl methyl sites for hydroxylation is 2. The summed E-state index contributed by atoms with van der Waals surface area (Å²) in [5.41, 5.74) is 3.47. The van der Waals surface area contributed by atoms with E-state index in [-0.39, 0.29) is 6.03 Å². The number of nitrogens with one attached hydrogen (secondary N) is 2. The number of anilines is 1. The number of hydrogen-bond acceptors (Lipinski definition) is 1. The number of hydrogen-bond donors (Lipinski definition) is 2. The van der Waals surface area contributed by atoms with Crippen LogP contribution in [-0.4, -0.2) is 12.6 Å². The van der Waals surface area contributed by atoms with Gasteiger partial charge < -0.3 is 10.6 Å². The molecule has 116 valence electrons. The lowest BCUT2D eigenvalue weighted by Crippen LogP contribution is -2.50. The summed E-state index contributed by atoms with van der Waals surface area (Å²) in [5, 5.41) is 6.02. The van der Waals surface area contributed by atoms with Gasteiger partial charge in [0.1, 0.15) is 0 Å². The summed E-state index contributed by atoms with van der Waals surface area (Å²) >= 11 is 0. The molecule has 0 aromatic heterocycles. The predicted molar refractivity (Wildman–Crippen MR) is 88.6 cm³/mol. The van der Waals surface area contributed by atoms with E-state index in [1.807, 2.05) is 32.0 Å². The standard InChI is InChI=1S/C18H28N2O/c1-6-14-10-15(18(14,4)5)11-19-17(21)20-16-12(2)8-7-9-13(16)3/h7-9,14-15H,6,10-11H2,1-5H3,(H2,19,20,21)/t14-,15+/m0/s1. The van der Waals surface area contributed by atoms with E-state index in [4.69, 9.17) is 0 Å². The molecule has 1 aliphatic carbocycles. The lowest BCUT2D eigenvalue weighted by atomic mass is 9.54. The molecule has 1 aromatic carbocycles. The highest BCUT2D eigenvalue weighted by atomic mass is 16.2. The Morgan fingerprint density at radius 3 is 2.38 bits per heavy atom. The summed E-state index contributed by atoms with van der Waals surface area (Å²) in [6.45, 7) is 11.7. The molecule has 21 heavy (non-hydrogen) atoms. The van der Waals surface area contributed by atoms with E-state index in [1.54, 1.807) is 0 Å². The summed E-state index contributed by atoms with van der Waals surface area (Å²) in [4.78, 5) is 12.1. The van der Waals surface area contributed by atoms with E-state index in [1.165, 1.54) is 12.8 Å². The molecule has 1 saturated carbocycles. The van der Waals surface area contributed by atoms with Crippen LogP contribution in [0.15, 0.2) is 18.2 Å². The fourth-order valence-corrected chi connectivity index (χ4v) is 3.55. The van der Waals surface area contributed by atoms with E-state index >= 15 is 0 Å². The third kappa shape index (κ3) is 3.22. The molecule has 2 rings (SSSR count). The number of para-hydroxylation sites is 1. The molecule has 0 spiro atoms. The van der Waals surface area contributed by atoms with Gasteiger partial charge in [-0.1, -0.05) is 45.4 Å². The van der Waals surface area contributed by atoms with Gasteiger partial charge in [-0.2, -0.15) is 0 Å². The average Bonchev–Trinajstić information content (AvgIpc) is 2.42. The Balaban J connectivity index is 1.87. The molecule has 0 bridgehead atoms. The van der Waals surface area contributed by atoms with Crippen LogP contribution in [0, 0.1) is 31.1 Å². The van der Waals surface area contributed by atoms with Crippen LogP contribution < -0.4 is 10.6 Å². The maximum Gasteiger partial charge on any atom is 0.319 e. The number of amides is 2. The molecule has 3 heteroatoms. The molecule has 0 unspecified atom stereocenters. The monoisotopic (exact) mass is 288 g/mol. The molecule has 2 amide bonds. The molecule has 0 aliphatic heterocycles. The zero-order valence-corrected chi connectivity index (χ0v) is 13.9. The Hall–Kier alpha value is -1.51. The maximum atomic E-state index is 12.1. The second-order valence-corrected chi connectivity index (χ2v) is 6.96. The van der Waals surface area contributed by atoms with Crippen molar-refractivity contribution < 1.29 is 4.79 Å². The average molecular weight is 288 g/mol. The van der Waals surface area contributed by atoms with Gasteiger partial charge in [0, 0.05) is 12.2 Å². The van der Waals surface area contributed by atoms with Crippen molar-refractivity contribution in [2.75, 3.05) is 11.9 Å². The Labute approximate surface area is 128 Å². The van der Waals surface area contributed by atoms with Gasteiger partial charge in [0.15, 0.2) is 0 Å². The summed E-state index contributed by atoms with van der Waals surface area (Å²) in [5.74, 6) is 1.39. The summed E-state index contributed by atoms with van der Waals surface area (Å²) < 4.78 is 0. The minimum Gasteiger partial charge on any atom is -0.338 e. The third-order valence-corrected chi connectivity index (χ3v) is 5.39. The van der Waals surface area contributed by atoms with Gasteiger partial charge in [-0.15, -0.1) is 0 Å². The molecule has 1 aromatic rings. The first-order valence-electron chi connectivity index (χ1n) is 7.97. The van der Waals surface area contributed by atoms with Gasteiger partial charge in [0.2, 0.25) is 0 Å². The highest BCUT2D eigenvalue weighted by Crippen LogP contribution is 2.52. The van der Waals surface area contributed by atoms with Crippen LogP contribution in [0.3, 0.4) is 0 Å². The van der Waals surface area contributed by atoms with Gasteiger partial charge in [-0.25, -0.2) is 4.79 Å². The van der Waals surface area contributed by atoms with Gasteiger partial charge in [0.05, 0.1) is 0 Å². The SMILES string of the molecule is CC[C@H]1C[C@H](CNC(=O)Nc2c(C)cccc2C)C1(C)C. The normalized spacial score (nSPS) is 23.3. The quantitative estimate of drug-likeness (QED) is 0.841. The molecule has 1 aliphatic rings. The van der Waals surface area contributed by atoms with Crippen LogP contribution in [0.4, 0.5) is 10.5 Å². The van der Waals surface area contributed by atoms with E-state index < -0.39 is 0 Å². The third-order valence-electron chi connectivity index (χ3n) is 5.39. The topological polar surface area (TPSA) is 41.1 Å². The van der Waals surface area contributed by atoms with Gasteiger partial charge in [-0.05, 0) is 48.6 Å². The van der Waals surface area contributed by atoms with Crippen LogP contribution in [0.2, 0.25) is 0 Å². The van der Waals surface area contributed by atoms with Crippen molar-refractivity contribution in [2.24, 2.45) is 17.3 Å². The van der Waals surface area contributed by atoms with Crippen molar-refractivity contribution in [1.29, 1.82) is 0 Å². The maximum absolute atomic E-state index is 12.1. The molecule has 2 atom stereocenters. The zero-order chi connectivity index (χ0) is 15.6. The first-order valence-corrected chi connectivity index (χ1v) is 7.97. The van der Waals surface area contributed by atoms with Crippen molar-refractivity contribution in [2.45, 2.75) is 47.5 Å². The predicted octanol–water partition coefficient (Wildman–Crippen LogP) is 4.50. The van der Waals surface area contributed by atoms with Gasteiger partial charge in [-0.3, -0.25) is 0 Å². The Morgan fingerprint density at radius 1 is 1.24 bits per heavy atom. The second kappa shape index (κ2) is 6.08. The lowest BCUT2D eigenvalue weighted by Gasteiger charge is -2.52. The summed E-state index contributed by atoms with van der Waals surface area (Å²) in [6.07, 6.45) is 2.46. The fourth-order valence-electron chi connectivity index (χ4n) is 3.55. The second-order valence-electron chi connectivity index (χ2n) is 6.96. The van der Waals surface area contributed by atoms with E-state index in [0.29, 0.717) is 11.3 Å². The van der Waals surface area contributed by atoms with Crippen molar-refractivity contribution in [3.05, 3.63) is 29.3 Å². The van der Waals surface area contributed by atoms with E-state index in [2.05, 4.69) is 31.4 Å². The van der Waals surface area contributed by atoms with Crippen LogP contribution >= 0.6 is 0 Å². The van der Waals surface area contributed by atoms with Crippen LogP contribution in [0.5, 0.6) is 0 Å². The molecule has 0 saturated heterocycles. The van der Waals surface area contributed by atoms with Crippen LogP contribution in [0.25, 0.3) is 0 Å². The Kier molecular flexibility index (Phi) is 4.60. The summed E-state index contributed by atoms with van der Waals surface area (Å²) in [7, 11) is 0. The molecule has 3 nitrogen and oxygen atoms in total. The van der Waals surface area contributed by atoms with E-state index in [9.17, 15) is 4.79 Å². The van der Waals surface area contributed by atoms with E-state index in [0.717, 1.165) is 29.3 Å². The minimum atomic E-state index is -0.0943. The van der Waals surface area contributed by atoms with Crippen molar-refractivity contribution in [3.8, 4) is 0 Å². The van der Waals surface area contributed by atoms with Crippen LogP contribution in [0.1, 0.15) is 44.7 Å². The minimum absolute atomic E-state index is 0.0943. The Bertz CT molecular complexity index is 502. The molecule has 0 radical (unpaired) electrons. The van der Waals surface area contributed by atoms with Crippen molar-refractivity contribution in [3.63, 3.8) is 0 Å². The number of urea groups is 1. The number of carbonyl (C=O) groups excluding carboxylic acids is 1. The number of benzene rings is 1. The number of rotatable bonds is 4. The molecule has 0 heterocycles. The first-order chi connectivity index (χ1) is 9.86. The summed E-state index contributed by atoms with van der Waals surface area (Å²) in [6, 6.07) is 5.95. The lowest BCUT2D eigenvalue weighted by molar-refractivity contribution is -0.0193. The molecule has 1 fully saturated rings. The van der Waals surface area contributed by atoms with Crippen molar-refractivity contribution in [1.82, 2.24) is 5.32 Å². The van der Waals surface area contributed by atoms with Crippen LogP contribution in [-0.2, 0) is 0 Å². The fraction of sp³-hybridized carbons (Fsp3) is 0.611. The smallest absolute Gasteiger partial charge is 0.319 e. The Morgan fingerprint density at radius 2 is 1.86 bits per heavy atom. The largest absolute Gasteiger partial charge is 0.338 e. The highest BCUT2D eigenvalue weighted by molar-refractivity contribution is 5.90. The zero-order valence-electron chi connectivity index (χ0n) is 13.9. The van der Waals surface area contributed by atoms with Gasteiger partial charge >= 0.3 is 6.03 Å². The molecule has 2 N–H and O–H groups in total.